The maximum Gasteiger partial charge on any atom is 0.329 e. The van der Waals surface area contributed by atoms with Crippen LogP contribution in [0.4, 0.5) is 10.5 Å². The Balaban J connectivity index is 1.54. The lowest BCUT2D eigenvalue weighted by Crippen LogP contribution is -2.38. The number of halogens is 1. The fraction of sp³-hybridized carbons (Fsp3) is 0.194. The van der Waals surface area contributed by atoms with Crippen LogP contribution in [0.25, 0.3) is 6.08 Å². The van der Waals surface area contributed by atoms with Crippen molar-refractivity contribution < 1.29 is 28.6 Å². The van der Waals surface area contributed by atoms with Gasteiger partial charge in [0.15, 0.2) is 11.5 Å². The van der Waals surface area contributed by atoms with E-state index in [2.05, 4.69) is 17.2 Å². The monoisotopic (exact) mass is 575 g/mol. The van der Waals surface area contributed by atoms with Crippen molar-refractivity contribution in [1.82, 2.24) is 10.2 Å². The summed E-state index contributed by atoms with van der Waals surface area (Å²) < 4.78 is 17.3. The Hall–Kier alpha value is -4.76. The Bertz CT molecular complexity index is 1490. The van der Waals surface area contributed by atoms with Gasteiger partial charge < -0.3 is 24.8 Å². The topological polar surface area (TPSA) is 106 Å². The van der Waals surface area contributed by atoms with Gasteiger partial charge >= 0.3 is 6.03 Å². The van der Waals surface area contributed by atoms with E-state index in [1.54, 1.807) is 48.5 Å². The molecule has 2 N–H and O–H groups in total. The van der Waals surface area contributed by atoms with Crippen LogP contribution in [-0.2, 0) is 22.6 Å². The lowest BCUT2D eigenvalue weighted by atomic mass is 10.0. The Morgan fingerprint density at radius 3 is 2.54 bits per heavy atom. The molecule has 0 radical (unpaired) electrons. The Labute approximate surface area is 243 Å². The molecule has 0 unspecified atom stereocenters. The molecule has 41 heavy (non-hydrogen) atoms. The average Bonchev–Trinajstić information content (AvgIpc) is 3.21. The van der Waals surface area contributed by atoms with Crippen molar-refractivity contribution in [3.63, 3.8) is 0 Å². The van der Waals surface area contributed by atoms with Gasteiger partial charge in [0.25, 0.3) is 5.91 Å². The van der Waals surface area contributed by atoms with Crippen LogP contribution in [0.15, 0.2) is 79.0 Å². The fourth-order valence-corrected chi connectivity index (χ4v) is 4.33. The number of urea groups is 1. The minimum atomic E-state index is -0.698. The highest BCUT2D eigenvalue weighted by molar-refractivity contribution is 6.30. The number of rotatable bonds is 12. The Kier molecular flexibility index (Phi) is 9.65. The third-order valence-electron chi connectivity index (χ3n) is 6.07. The number of nitrogens with one attached hydrogen (secondary N) is 2. The number of benzene rings is 3. The van der Waals surface area contributed by atoms with Crippen molar-refractivity contribution in [2.45, 2.75) is 20.0 Å². The molecule has 4 amide bonds. The zero-order chi connectivity index (χ0) is 29.4. The van der Waals surface area contributed by atoms with Gasteiger partial charge in [-0.2, -0.15) is 0 Å². The summed E-state index contributed by atoms with van der Waals surface area (Å²) in [4.78, 5) is 39.2. The minimum Gasteiger partial charge on any atom is -0.495 e. The lowest BCUT2D eigenvalue weighted by molar-refractivity contribution is -0.127. The first-order chi connectivity index (χ1) is 19.8. The van der Waals surface area contributed by atoms with Gasteiger partial charge in [-0.05, 0) is 66.9 Å². The second-order valence-corrected chi connectivity index (χ2v) is 9.41. The van der Waals surface area contributed by atoms with Crippen LogP contribution >= 0.6 is 11.6 Å². The molecule has 0 aliphatic carbocycles. The number of ether oxygens (including phenoxy) is 3. The van der Waals surface area contributed by atoms with Crippen molar-refractivity contribution in [3.8, 4) is 17.2 Å². The van der Waals surface area contributed by atoms with E-state index in [1.807, 2.05) is 25.1 Å². The third kappa shape index (κ3) is 7.26. The molecular weight excluding hydrogens is 546 g/mol. The fourth-order valence-electron chi connectivity index (χ4n) is 4.20. The average molecular weight is 576 g/mol. The largest absolute Gasteiger partial charge is 0.495 e. The van der Waals surface area contributed by atoms with Gasteiger partial charge in [0.05, 0.1) is 19.4 Å². The number of amides is 4. The van der Waals surface area contributed by atoms with Gasteiger partial charge in [0, 0.05) is 10.6 Å². The van der Waals surface area contributed by atoms with E-state index in [0.717, 1.165) is 16.0 Å². The van der Waals surface area contributed by atoms with E-state index in [-0.39, 0.29) is 5.70 Å². The summed E-state index contributed by atoms with van der Waals surface area (Å²) in [5, 5.41) is 5.86. The number of para-hydroxylation sites is 2. The van der Waals surface area contributed by atoms with Gasteiger partial charge in [0.2, 0.25) is 5.91 Å². The summed E-state index contributed by atoms with van der Waals surface area (Å²) in [5.41, 5.74) is 2.78. The van der Waals surface area contributed by atoms with E-state index < -0.39 is 24.4 Å². The van der Waals surface area contributed by atoms with Gasteiger partial charge in [0.1, 0.15) is 24.6 Å². The van der Waals surface area contributed by atoms with E-state index in [9.17, 15) is 14.4 Å². The predicted octanol–water partition coefficient (Wildman–Crippen LogP) is 5.59. The van der Waals surface area contributed by atoms with Crippen LogP contribution in [0, 0.1) is 0 Å². The molecule has 0 saturated carbocycles. The quantitative estimate of drug-likeness (QED) is 0.166. The summed E-state index contributed by atoms with van der Waals surface area (Å²) in [6, 6.07) is 17.1. The van der Waals surface area contributed by atoms with Crippen LogP contribution in [0.1, 0.15) is 23.6 Å². The molecule has 4 rings (SSSR count). The number of imide groups is 1. The van der Waals surface area contributed by atoms with E-state index in [4.69, 9.17) is 25.8 Å². The number of methoxy groups -OCH3 is 1. The first-order valence-corrected chi connectivity index (χ1v) is 13.3. The van der Waals surface area contributed by atoms with E-state index in [0.29, 0.717) is 53.2 Å². The molecular formula is C31H30ClN3O6. The predicted molar refractivity (Wildman–Crippen MR) is 157 cm³/mol. The number of hydrogen-bond donors (Lipinski definition) is 2. The molecule has 1 heterocycles. The molecule has 0 aromatic heterocycles. The van der Waals surface area contributed by atoms with Crippen LogP contribution in [0.2, 0.25) is 5.02 Å². The highest BCUT2D eigenvalue weighted by Crippen LogP contribution is 2.35. The molecule has 1 fully saturated rings. The maximum atomic E-state index is 13.1. The first-order valence-electron chi connectivity index (χ1n) is 12.9. The summed E-state index contributed by atoms with van der Waals surface area (Å²) in [7, 11) is 1.48. The molecule has 1 saturated heterocycles. The molecule has 3 aromatic rings. The molecule has 0 spiro atoms. The van der Waals surface area contributed by atoms with Gasteiger partial charge in [-0.1, -0.05) is 41.9 Å². The lowest BCUT2D eigenvalue weighted by Gasteiger charge is -2.17. The standard InChI is InChI=1S/C31H30ClN3O6/c1-4-8-22-15-21(17-27(40-5-2)29(22)41-19-20-11-13-23(32)14-12-20)16-25-30(37)35(31(38)34-25)18-28(36)33-24-9-6-7-10-26(24)39-3/h4,6-7,9-17H,1,5,8,18-19H2,2-3H3,(H,33,36)(H,34,38)/b25-16+. The van der Waals surface area contributed by atoms with Crippen LogP contribution in [-0.4, -0.2) is 43.0 Å². The Morgan fingerprint density at radius 1 is 1.07 bits per heavy atom. The van der Waals surface area contributed by atoms with Crippen molar-refractivity contribution in [3.05, 3.63) is 101 Å². The third-order valence-corrected chi connectivity index (χ3v) is 6.32. The minimum absolute atomic E-state index is 0.0296. The zero-order valence-corrected chi connectivity index (χ0v) is 23.5. The zero-order valence-electron chi connectivity index (χ0n) is 22.7. The van der Waals surface area contributed by atoms with Gasteiger partial charge in [-0.15, -0.1) is 6.58 Å². The number of hydrogen-bond acceptors (Lipinski definition) is 6. The van der Waals surface area contributed by atoms with Crippen molar-refractivity contribution in [2.75, 3.05) is 25.6 Å². The van der Waals surface area contributed by atoms with Crippen LogP contribution in [0.3, 0.4) is 0 Å². The molecule has 212 valence electrons. The molecule has 9 nitrogen and oxygen atoms in total. The number of anilines is 1. The van der Waals surface area contributed by atoms with E-state index >= 15 is 0 Å². The summed E-state index contributed by atoms with van der Waals surface area (Å²) in [5.74, 6) is 0.322. The van der Waals surface area contributed by atoms with Crippen molar-refractivity contribution in [2.24, 2.45) is 0 Å². The highest BCUT2D eigenvalue weighted by atomic mass is 35.5. The molecule has 3 aromatic carbocycles. The summed E-state index contributed by atoms with van der Waals surface area (Å²) in [6.45, 7) is 5.91. The van der Waals surface area contributed by atoms with Crippen molar-refractivity contribution in [1.29, 1.82) is 0 Å². The van der Waals surface area contributed by atoms with Crippen molar-refractivity contribution >= 4 is 41.2 Å². The second kappa shape index (κ2) is 13.5. The molecule has 1 aliphatic heterocycles. The molecule has 0 bridgehead atoms. The number of carbonyl (C=O) groups excluding carboxylic acids is 3. The Morgan fingerprint density at radius 2 is 1.83 bits per heavy atom. The number of nitrogens with zero attached hydrogens (tertiary/aromatic N) is 1. The summed E-state index contributed by atoms with van der Waals surface area (Å²) in [6.07, 6.45) is 3.75. The second-order valence-electron chi connectivity index (χ2n) is 8.98. The molecule has 1 aliphatic rings. The van der Waals surface area contributed by atoms with Gasteiger partial charge in [-0.3, -0.25) is 9.59 Å². The number of carbonyl (C=O) groups is 3. The maximum absolute atomic E-state index is 13.1. The highest BCUT2D eigenvalue weighted by Gasteiger charge is 2.35. The molecule has 10 heteroatoms. The number of allylic oxidation sites excluding steroid dienone is 1. The molecule has 0 atom stereocenters. The van der Waals surface area contributed by atoms with Crippen LogP contribution in [0.5, 0.6) is 17.2 Å². The van der Waals surface area contributed by atoms with Crippen LogP contribution < -0.4 is 24.8 Å². The summed E-state index contributed by atoms with van der Waals surface area (Å²) >= 11 is 5.99. The first kappa shape index (κ1) is 29.2. The smallest absolute Gasteiger partial charge is 0.329 e. The van der Waals surface area contributed by atoms with Gasteiger partial charge in [-0.25, -0.2) is 9.69 Å². The van der Waals surface area contributed by atoms with E-state index in [1.165, 1.54) is 13.2 Å². The SMILES string of the molecule is C=CCc1cc(/C=C2/NC(=O)N(CC(=O)Nc3ccccc3OC)C2=O)cc(OCC)c1OCc1ccc(Cl)cc1. The normalized spacial score (nSPS) is 13.6.